The number of hydrogen-bond acceptors (Lipinski definition) is 12. The van der Waals surface area contributed by atoms with E-state index < -0.39 is 8.07 Å². The van der Waals surface area contributed by atoms with Crippen LogP contribution in [0.2, 0.25) is 0 Å². The lowest BCUT2D eigenvalue weighted by molar-refractivity contribution is 0.317. The third kappa shape index (κ3) is 5.93. The Kier molecular flexibility index (Phi) is 13.0. The largest absolute Gasteiger partial charge is 0.496 e. The predicted octanol–water partition coefficient (Wildman–Crippen LogP) is 6.03. The van der Waals surface area contributed by atoms with Crippen LogP contribution in [0.25, 0.3) is 0 Å². The van der Waals surface area contributed by atoms with Crippen molar-refractivity contribution in [1.29, 1.82) is 0 Å². The molecule has 0 saturated heterocycles. The molecule has 1 atom stereocenters. The van der Waals surface area contributed by atoms with Gasteiger partial charge in [0.15, 0.2) is 34.5 Å². The lowest BCUT2D eigenvalue weighted by Crippen LogP contribution is -2.71. The Bertz CT molecular complexity index is 1840. The van der Waals surface area contributed by atoms with E-state index in [1.165, 1.54) is 5.57 Å². The number of hydrogen-bond donors (Lipinski definition) is 0. The summed E-state index contributed by atoms with van der Waals surface area (Å²) in [5.41, 5.74) is 5.39. The minimum Gasteiger partial charge on any atom is -0.496 e. The standard InChI is InChI=1S/C42H58O12Si/c1-20-21(2)23(4)39(22(20)3)55(40-30(46-11)24(5)27(43-8)33(49-14)36(40)52-17,41-31(47-12)25(6)28(44-9)34(50-15)37(41)53-18)42-32(48-13)26(7)29(45-10)35(51-16)38(42)54-19/h22H,1-19H3. The first-order valence-electron chi connectivity index (χ1n) is 17.8. The van der Waals surface area contributed by atoms with Gasteiger partial charge in [-0.15, -0.1) is 0 Å². The Morgan fingerprint density at radius 1 is 0.309 bits per heavy atom. The maximum absolute atomic E-state index is 6.56. The van der Waals surface area contributed by atoms with Gasteiger partial charge in [0.2, 0.25) is 25.3 Å². The molecule has 55 heavy (non-hydrogen) atoms. The number of ether oxygens (including phenoxy) is 12. The van der Waals surface area contributed by atoms with Crippen molar-refractivity contribution in [2.24, 2.45) is 5.92 Å². The van der Waals surface area contributed by atoms with E-state index in [4.69, 9.17) is 56.8 Å². The lowest BCUT2D eigenvalue weighted by Gasteiger charge is -2.43. The van der Waals surface area contributed by atoms with Gasteiger partial charge in [-0.2, -0.15) is 0 Å². The Morgan fingerprint density at radius 2 is 0.545 bits per heavy atom. The highest BCUT2D eigenvalue weighted by Crippen LogP contribution is 2.55. The van der Waals surface area contributed by atoms with Crippen molar-refractivity contribution < 1.29 is 56.8 Å². The lowest BCUT2D eigenvalue weighted by atomic mass is 10.1. The minimum absolute atomic E-state index is 0.153. The van der Waals surface area contributed by atoms with Gasteiger partial charge in [-0.25, -0.2) is 0 Å². The molecule has 0 fully saturated rings. The molecule has 3 aromatic carbocycles. The summed E-state index contributed by atoms with van der Waals surface area (Å²) >= 11 is 0. The van der Waals surface area contributed by atoms with Gasteiger partial charge in [0.1, 0.15) is 17.2 Å². The van der Waals surface area contributed by atoms with Crippen LogP contribution in [-0.4, -0.2) is 93.4 Å². The monoisotopic (exact) mass is 782 g/mol. The van der Waals surface area contributed by atoms with Gasteiger partial charge >= 0.3 is 0 Å². The molecule has 0 N–H and O–H groups in total. The van der Waals surface area contributed by atoms with Crippen molar-refractivity contribution >= 4 is 23.6 Å². The van der Waals surface area contributed by atoms with E-state index in [0.29, 0.717) is 101 Å². The summed E-state index contributed by atoms with van der Waals surface area (Å²) in [5, 5.41) is 3.02. The summed E-state index contributed by atoms with van der Waals surface area (Å²) in [4.78, 5) is 0. The number of methoxy groups -OCH3 is 12. The summed E-state index contributed by atoms with van der Waals surface area (Å²) in [7, 11) is 15.0. The first kappa shape index (κ1) is 42.7. The number of rotatable bonds is 16. The van der Waals surface area contributed by atoms with Crippen LogP contribution in [0.4, 0.5) is 0 Å². The maximum Gasteiger partial charge on any atom is 0.204 e. The third-order valence-corrected chi connectivity index (χ3v) is 16.5. The molecule has 12 nitrogen and oxygen atoms in total. The van der Waals surface area contributed by atoms with E-state index in [-0.39, 0.29) is 5.92 Å². The zero-order valence-corrected chi connectivity index (χ0v) is 37.0. The molecule has 1 aliphatic rings. The minimum atomic E-state index is -4.26. The van der Waals surface area contributed by atoms with Gasteiger partial charge in [0.25, 0.3) is 0 Å². The van der Waals surface area contributed by atoms with E-state index in [2.05, 4.69) is 27.7 Å². The molecule has 0 aromatic heterocycles. The SMILES string of the molecule is COc1c(C)c(OC)c([Si](C2=C(C)C(C)=C(C)C2C)(c2c(OC)c(C)c(OC)c(OC)c2OC)c2c(OC)c(C)c(OC)c(OC)c2OC)c(OC)c1OC. The van der Waals surface area contributed by atoms with Crippen LogP contribution in [0.5, 0.6) is 69.0 Å². The van der Waals surface area contributed by atoms with Crippen LogP contribution >= 0.6 is 0 Å². The molecule has 0 radical (unpaired) electrons. The number of allylic oxidation sites excluding steroid dienone is 4. The van der Waals surface area contributed by atoms with Crippen molar-refractivity contribution in [3.8, 4) is 69.0 Å². The van der Waals surface area contributed by atoms with E-state index in [0.717, 1.165) is 16.3 Å². The molecule has 1 aliphatic carbocycles. The fraction of sp³-hybridized carbons (Fsp3) is 0.476. The molecule has 13 heteroatoms. The molecule has 0 amide bonds. The molecule has 1 unspecified atom stereocenters. The molecule has 4 rings (SSSR count). The van der Waals surface area contributed by atoms with Gasteiger partial charge in [0, 0.05) is 32.3 Å². The molecule has 0 heterocycles. The highest BCUT2D eigenvalue weighted by Gasteiger charge is 2.60. The van der Waals surface area contributed by atoms with Crippen molar-refractivity contribution in [1.82, 2.24) is 0 Å². The maximum atomic E-state index is 6.56. The first-order valence-corrected chi connectivity index (χ1v) is 19.8. The highest BCUT2D eigenvalue weighted by molar-refractivity contribution is 7.18. The first-order chi connectivity index (χ1) is 26.2. The van der Waals surface area contributed by atoms with E-state index in [1.807, 2.05) is 20.8 Å². The molecular weight excluding hydrogens is 725 g/mol. The molecule has 0 saturated carbocycles. The van der Waals surface area contributed by atoms with Crippen LogP contribution < -0.4 is 72.4 Å². The van der Waals surface area contributed by atoms with Gasteiger partial charge in [-0.05, 0) is 53.0 Å². The summed E-state index contributed by atoms with van der Waals surface area (Å²) < 4.78 is 76.0. The van der Waals surface area contributed by atoms with Crippen LogP contribution in [0.3, 0.4) is 0 Å². The van der Waals surface area contributed by atoms with Crippen molar-refractivity contribution in [2.45, 2.75) is 48.5 Å². The third-order valence-electron chi connectivity index (χ3n) is 11.3. The van der Waals surface area contributed by atoms with Crippen molar-refractivity contribution in [3.63, 3.8) is 0 Å². The van der Waals surface area contributed by atoms with Gasteiger partial charge in [0.05, 0.1) is 85.3 Å². The van der Waals surface area contributed by atoms with Crippen LogP contribution in [-0.2, 0) is 0 Å². The van der Waals surface area contributed by atoms with E-state index in [9.17, 15) is 0 Å². The van der Waals surface area contributed by atoms with Gasteiger partial charge in [-0.3, -0.25) is 0 Å². The van der Waals surface area contributed by atoms with Gasteiger partial charge in [-0.1, -0.05) is 23.3 Å². The van der Waals surface area contributed by atoms with Gasteiger partial charge < -0.3 is 56.8 Å². The molecule has 302 valence electrons. The second kappa shape index (κ2) is 16.8. The zero-order valence-electron chi connectivity index (χ0n) is 36.0. The topological polar surface area (TPSA) is 111 Å². The Morgan fingerprint density at radius 3 is 0.727 bits per heavy atom. The fourth-order valence-electron chi connectivity index (χ4n) is 8.76. The Balaban J connectivity index is 2.80. The van der Waals surface area contributed by atoms with Crippen LogP contribution in [0.1, 0.15) is 44.4 Å². The summed E-state index contributed by atoms with van der Waals surface area (Å²) in [6.07, 6.45) is 0. The van der Waals surface area contributed by atoms with Crippen LogP contribution in [0.15, 0.2) is 21.9 Å². The summed E-state index contributed by atoms with van der Waals surface area (Å²) in [6.45, 7) is 14.4. The Hall–Kier alpha value is -5.04. The normalized spacial score (nSPS) is 14.1. The van der Waals surface area contributed by atoms with Crippen molar-refractivity contribution in [3.05, 3.63) is 38.6 Å². The fourth-order valence-corrected chi connectivity index (χ4v) is 15.5. The number of benzene rings is 3. The quantitative estimate of drug-likeness (QED) is 0.125. The van der Waals surface area contributed by atoms with Crippen LogP contribution in [0, 0.1) is 26.7 Å². The molecule has 0 bridgehead atoms. The smallest absolute Gasteiger partial charge is 0.204 e. The zero-order chi connectivity index (χ0) is 41.3. The molecular formula is C42H58O12Si. The summed E-state index contributed by atoms with van der Waals surface area (Å²) in [5.74, 6) is 4.87. The Labute approximate surface area is 327 Å². The highest BCUT2D eigenvalue weighted by atomic mass is 28.3. The molecule has 0 spiro atoms. The predicted molar refractivity (Wildman–Crippen MR) is 217 cm³/mol. The second-order valence-electron chi connectivity index (χ2n) is 13.2. The average molecular weight is 783 g/mol. The molecule has 0 aliphatic heterocycles. The molecule has 3 aromatic rings. The van der Waals surface area contributed by atoms with E-state index in [1.54, 1.807) is 85.3 Å². The average Bonchev–Trinajstić information content (AvgIpc) is 3.38. The van der Waals surface area contributed by atoms with E-state index >= 15 is 0 Å². The van der Waals surface area contributed by atoms with Crippen molar-refractivity contribution in [2.75, 3.05) is 85.3 Å². The second-order valence-corrected chi connectivity index (χ2v) is 16.8. The summed E-state index contributed by atoms with van der Waals surface area (Å²) in [6, 6.07) is 0.